The Kier molecular flexibility index (Phi) is 2.54. The van der Waals surface area contributed by atoms with E-state index in [0.717, 1.165) is 23.0 Å². The summed E-state index contributed by atoms with van der Waals surface area (Å²) in [5.41, 5.74) is 3.63. The molecule has 0 bridgehead atoms. The summed E-state index contributed by atoms with van der Waals surface area (Å²) in [5, 5.41) is 0. The number of hydrogen-bond donors (Lipinski definition) is 0. The Labute approximate surface area is 87.8 Å². The van der Waals surface area contributed by atoms with Crippen molar-refractivity contribution < 1.29 is 4.79 Å². The lowest BCUT2D eigenvalue weighted by Crippen LogP contribution is -1.88. The predicted octanol–water partition coefficient (Wildman–Crippen LogP) is 2.26. The van der Waals surface area contributed by atoms with Crippen molar-refractivity contribution in [3.63, 3.8) is 0 Å². The van der Waals surface area contributed by atoms with E-state index >= 15 is 0 Å². The maximum Gasteiger partial charge on any atom is 0.151 e. The van der Waals surface area contributed by atoms with Gasteiger partial charge in [-0.15, -0.1) is 0 Å². The lowest BCUT2D eigenvalue weighted by atomic mass is 10.0. The second kappa shape index (κ2) is 4.00. The minimum Gasteiger partial charge on any atom is -0.298 e. The largest absolute Gasteiger partial charge is 0.298 e. The maximum absolute atomic E-state index is 10.6. The molecule has 0 unspecified atom stereocenters. The van der Waals surface area contributed by atoms with Crippen LogP contribution in [-0.4, -0.2) is 16.3 Å². The average Bonchev–Trinajstić information content (AvgIpc) is 2.30. The van der Waals surface area contributed by atoms with Gasteiger partial charge in [0.1, 0.15) is 0 Å². The number of hydrogen-bond acceptors (Lipinski definition) is 3. The van der Waals surface area contributed by atoms with Gasteiger partial charge in [-0.1, -0.05) is 0 Å². The van der Waals surface area contributed by atoms with Crippen molar-refractivity contribution >= 4 is 6.29 Å². The minimum absolute atomic E-state index is 0.579. The minimum atomic E-state index is 0.579. The molecular weight excluding hydrogens is 188 g/mol. The molecule has 2 aromatic heterocycles. The molecule has 2 heterocycles. The molecule has 0 N–H and O–H groups in total. The van der Waals surface area contributed by atoms with E-state index in [1.165, 1.54) is 0 Å². The van der Waals surface area contributed by atoms with Crippen LogP contribution in [0.3, 0.4) is 0 Å². The first-order chi connectivity index (χ1) is 7.31. The molecule has 0 spiro atoms. The summed E-state index contributed by atoms with van der Waals surface area (Å²) in [6.07, 6.45) is 7.60. The van der Waals surface area contributed by atoms with E-state index < -0.39 is 0 Å². The van der Waals surface area contributed by atoms with Crippen molar-refractivity contribution in [2.75, 3.05) is 0 Å². The van der Waals surface area contributed by atoms with E-state index in [0.29, 0.717) is 5.56 Å². The molecule has 3 nitrogen and oxygen atoms in total. The Morgan fingerprint density at radius 3 is 2.80 bits per heavy atom. The highest BCUT2D eigenvalue weighted by Gasteiger charge is 2.02. The number of pyridine rings is 2. The average molecular weight is 198 g/mol. The second-order valence-electron chi connectivity index (χ2n) is 3.32. The van der Waals surface area contributed by atoms with Gasteiger partial charge in [0.05, 0.1) is 0 Å². The van der Waals surface area contributed by atoms with E-state index in [1.54, 1.807) is 24.8 Å². The van der Waals surface area contributed by atoms with Gasteiger partial charge in [-0.25, -0.2) is 0 Å². The Morgan fingerprint density at radius 1 is 1.20 bits per heavy atom. The van der Waals surface area contributed by atoms with Gasteiger partial charge in [0, 0.05) is 41.5 Å². The number of carbonyl (C=O) groups is 1. The Balaban J connectivity index is 2.54. The lowest BCUT2D eigenvalue weighted by Gasteiger charge is -2.04. The number of aromatic nitrogens is 2. The third-order valence-corrected chi connectivity index (χ3v) is 2.25. The van der Waals surface area contributed by atoms with Gasteiger partial charge >= 0.3 is 0 Å². The zero-order valence-corrected chi connectivity index (χ0v) is 8.34. The van der Waals surface area contributed by atoms with Crippen LogP contribution in [-0.2, 0) is 0 Å². The highest BCUT2D eigenvalue weighted by molar-refractivity contribution is 5.78. The van der Waals surface area contributed by atoms with Gasteiger partial charge in [-0.3, -0.25) is 14.8 Å². The monoisotopic (exact) mass is 198 g/mol. The van der Waals surface area contributed by atoms with E-state index in [-0.39, 0.29) is 0 Å². The molecular formula is C12H10N2O. The molecule has 2 rings (SSSR count). The highest BCUT2D eigenvalue weighted by Crippen LogP contribution is 2.21. The number of aryl methyl sites for hydroxylation is 1. The highest BCUT2D eigenvalue weighted by atomic mass is 16.1. The summed E-state index contributed by atoms with van der Waals surface area (Å²) in [5.74, 6) is 0. The van der Waals surface area contributed by atoms with Crippen LogP contribution in [0.25, 0.3) is 11.1 Å². The molecule has 2 aromatic rings. The van der Waals surface area contributed by atoms with Gasteiger partial charge in [0.15, 0.2) is 6.29 Å². The zero-order chi connectivity index (χ0) is 10.7. The summed E-state index contributed by atoms with van der Waals surface area (Å²) < 4.78 is 0. The predicted molar refractivity (Wildman–Crippen MR) is 57.6 cm³/mol. The van der Waals surface area contributed by atoms with Crippen molar-refractivity contribution in [3.05, 3.63) is 48.0 Å². The van der Waals surface area contributed by atoms with Crippen molar-refractivity contribution in [1.82, 2.24) is 9.97 Å². The fourth-order valence-electron chi connectivity index (χ4n) is 1.44. The standard InChI is InChI=1S/C12H10N2O/c1-9-2-3-13-7-12(9)11-4-10(8-15)5-14-6-11/h2-8H,1H3. The fourth-order valence-corrected chi connectivity index (χ4v) is 1.44. The molecule has 0 aliphatic carbocycles. The summed E-state index contributed by atoms with van der Waals surface area (Å²) in [7, 11) is 0. The molecule has 0 saturated heterocycles. The summed E-state index contributed by atoms with van der Waals surface area (Å²) in [6.45, 7) is 2.00. The molecule has 0 aromatic carbocycles. The number of rotatable bonds is 2. The van der Waals surface area contributed by atoms with E-state index in [9.17, 15) is 4.79 Å². The molecule has 74 valence electrons. The van der Waals surface area contributed by atoms with Crippen molar-refractivity contribution in [1.29, 1.82) is 0 Å². The van der Waals surface area contributed by atoms with Crippen LogP contribution in [0.4, 0.5) is 0 Å². The lowest BCUT2D eigenvalue weighted by molar-refractivity contribution is 0.112. The molecule has 0 atom stereocenters. The normalized spacial score (nSPS) is 9.93. The second-order valence-corrected chi connectivity index (χ2v) is 3.32. The van der Waals surface area contributed by atoms with Crippen LogP contribution >= 0.6 is 0 Å². The number of carbonyl (C=O) groups excluding carboxylic acids is 1. The van der Waals surface area contributed by atoms with Gasteiger partial charge in [-0.05, 0) is 24.6 Å². The SMILES string of the molecule is Cc1ccncc1-c1cncc(C=O)c1. The Hall–Kier alpha value is -2.03. The fraction of sp³-hybridized carbons (Fsp3) is 0.0833. The molecule has 0 saturated carbocycles. The summed E-state index contributed by atoms with van der Waals surface area (Å²) in [4.78, 5) is 18.7. The molecule has 0 radical (unpaired) electrons. The van der Waals surface area contributed by atoms with Gasteiger partial charge in [0.2, 0.25) is 0 Å². The van der Waals surface area contributed by atoms with Crippen LogP contribution < -0.4 is 0 Å². The molecule has 3 heteroatoms. The first-order valence-corrected chi connectivity index (χ1v) is 4.62. The molecule has 0 aliphatic heterocycles. The third-order valence-electron chi connectivity index (χ3n) is 2.25. The molecule has 0 aliphatic rings. The first-order valence-electron chi connectivity index (χ1n) is 4.62. The molecule has 0 fully saturated rings. The third kappa shape index (κ3) is 1.91. The van der Waals surface area contributed by atoms with Gasteiger partial charge in [0.25, 0.3) is 0 Å². The smallest absolute Gasteiger partial charge is 0.151 e. The quantitative estimate of drug-likeness (QED) is 0.695. The molecule has 0 amide bonds. The van der Waals surface area contributed by atoms with E-state index in [1.807, 2.05) is 19.1 Å². The summed E-state index contributed by atoms with van der Waals surface area (Å²) >= 11 is 0. The van der Waals surface area contributed by atoms with Crippen LogP contribution in [0.1, 0.15) is 15.9 Å². The van der Waals surface area contributed by atoms with Crippen LogP contribution in [0, 0.1) is 6.92 Å². The summed E-state index contributed by atoms with van der Waals surface area (Å²) in [6, 6.07) is 3.74. The Morgan fingerprint density at radius 2 is 2.07 bits per heavy atom. The van der Waals surface area contributed by atoms with Crippen molar-refractivity contribution in [2.24, 2.45) is 0 Å². The number of nitrogens with zero attached hydrogens (tertiary/aromatic N) is 2. The van der Waals surface area contributed by atoms with Gasteiger partial charge < -0.3 is 0 Å². The van der Waals surface area contributed by atoms with Gasteiger partial charge in [-0.2, -0.15) is 0 Å². The Bertz CT molecular complexity index is 494. The first kappa shape index (κ1) is 9.52. The van der Waals surface area contributed by atoms with Crippen molar-refractivity contribution in [2.45, 2.75) is 6.92 Å². The van der Waals surface area contributed by atoms with Crippen molar-refractivity contribution in [3.8, 4) is 11.1 Å². The van der Waals surface area contributed by atoms with E-state index in [2.05, 4.69) is 9.97 Å². The topological polar surface area (TPSA) is 42.9 Å². The zero-order valence-electron chi connectivity index (χ0n) is 8.34. The van der Waals surface area contributed by atoms with Crippen LogP contribution in [0.2, 0.25) is 0 Å². The van der Waals surface area contributed by atoms with Crippen LogP contribution in [0.15, 0.2) is 36.9 Å². The van der Waals surface area contributed by atoms with Crippen LogP contribution in [0.5, 0.6) is 0 Å². The maximum atomic E-state index is 10.6. The molecule has 15 heavy (non-hydrogen) atoms. The van der Waals surface area contributed by atoms with E-state index in [4.69, 9.17) is 0 Å². The number of aldehydes is 1.